The van der Waals surface area contributed by atoms with E-state index in [1.54, 1.807) is 0 Å². The molecule has 0 bridgehead atoms. The zero-order chi connectivity index (χ0) is 25.1. The summed E-state index contributed by atoms with van der Waals surface area (Å²) in [6.45, 7) is 19.6. The van der Waals surface area contributed by atoms with Gasteiger partial charge in [0.25, 0.3) is 0 Å². The van der Waals surface area contributed by atoms with Gasteiger partial charge in [-0.25, -0.2) is 0 Å². The predicted octanol–water partition coefficient (Wildman–Crippen LogP) is 8.02. The van der Waals surface area contributed by atoms with E-state index in [4.69, 9.17) is 4.98 Å². The van der Waals surface area contributed by atoms with Crippen LogP contribution in [-0.4, -0.2) is 15.9 Å². The van der Waals surface area contributed by atoms with Gasteiger partial charge < -0.3 is 5.11 Å². The average molecular weight is 637 g/mol. The van der Waals surface area contributed by atoms with Crippen molar-refractivity contribution in [2.24, 2.45) is 10.8 Å². The molecule has 0 amide bonds. The van der Waals surface area contributed by atoms with Crippen molar-refractivity contribution >= 4 is 16.7 Å². The Hall–Kier alpha value is -2.29. The van der Waals surface area contributed by atoms with Gasteiger partial charge >= 0.3 is 0 Å². The first-order valence-electron chi connectivity index (χ1n) is 11.4. The van der Waals surface area contributed by atoms with Crippen LogP contribution in [0.5, 0.6) is 0 Å². The normalized spacial score (nSPS) is 12.0. The van der Waals surface area contributed by atoms with Crippen molar-refractivity contribution in [1.29, 1.82) is 0 Å². The fourth-order valence-corrected chi connectivity index (χ4v) is 3.04. The molecule has 1 radical (unpaired) electrons. The number of pyridine rings is 1. The van der Waals surface area contributed by atoms with Crippen LogP contribution in [0.3, 0.4) is 0 Å². The van der Waals surface area contributed by atoms with Crippen LogP contribution in [0.4, 0.5) is 0 Å². The Morgan fingerprint density at radius 1 is 0.912 bits per heavy atom. The molecule has 4 heteroatoms. The molecule has 0 saturated heterocycles. The van der Waals surface area contributed by atoms with Gasteiger partial charge in [-0.3, -0.25) is 9.78 Å². The SMILES string of the molecule is CC(C)(C)C(=O)/C=C(\O)C(C)(C)C.Cc1ccc2nc(-c3[c-]c(C)c(C)c(C)c3)ccc2c1.[Ir]. The largest absolute Gasteiger partial charge is 0.512 e. The molecule has 0 saturated carbocycles. The molecule has 0 atom stereocenters. The number of nitrogens with zero attached hydrogens (tertiary/aromatic N) is 1. The molecular formula is C30H38IrNO2-. The van der Waals surface area contributed by atoms with Crippen molar-refractivity contribution in [2.75, 3.05) is 0 Å². The summed E-state index contributed by atoms with van der Waals surface area (Å²) < 4.78 is 0. The molecule has 0 spiro atoms. The van der Waals surface area contributed by atoms with Crippen LogP contribution < -0.4 is 0 Å². The second kappa shape index (κ2) is 11.4. The van der Waals surface area contributed by atoms with E-state index in [-0.39, 0.29) is 37.1 Å². The minimum atomic E-state index is -0.417. The van der Waals surface area contributed by atoms with Crippen LogP contribution in [0.2, 0.25) is 0 Å². The van der Waals surface area contributed by atoms with Gasteiger partial charge in [0.1, 0.15) is 5.76 Å². The van der Waals surface area contributed by atoms with Gasteiger partial charge in [0.05, 0.1) is 5.52 Å². The number of hydrogen-bond donors (Lipinski definition) is 1. The van der Waals surface area contributed by atoms with Gasteiger partial charge in [0.2, 0.25) is 0 Å². The third kappa shape index (κ3) is 7.89. The predicted molar refractivity (Wildman–Crippen MR) is 140 cm³/mol. The molecule has 0 aliphatic heterocycles. The fourth-order valence-electron chi connectivity index (χ4n) is 3.04. The van der Waals surface area contributed by atoms with Gasteiger partial charge in [0, 0.05) is 37.0 Å². The Bertz CT molecular complexity index is 1170. The minimum Gasteiger partial charge on any atom is -0.512 e. The van der Waals surface area contributed by atoms with Crippen molar-refractivity contribution in [2.45, 2.75) is 69.2 Å². The van der Waals surface area contributed by atoms with Crippen LogP contribution in [0.1, 0.15) is 63.8 Å². The topological polar surface area (TPSA) is 50.2 Å². The van der Waals surface area contributed by atoms with Crippen molar-refractivity contribution in [3.05, 3.63) is 76.6 Å². The summed E-state index contributed by atoms with van der Waals surface area (Å²) in [5, 5.41) is 10.7. The zero-order valence-electron chi connectivity index (χ0n) is 22.2. The van der Waals surface area contributed by atoms with Crippen molar-refractivity contribution in [3.63, 3.8) is 0 Å². The second-order valence-electron chi connectivity index (χ2n) is 10.9. The summed E-state index contributed by atoms with van der Waals surface area (Å²) in [6, 6.07) is 16.2. The molecule has 1 N–H and O–H groups in total. The monoisotopic (exact) mass is 637 g/mol. The van der Waals surface area contributed by atoms with E-state index in [1.807, 2.05) is 41.5 Å². The first-order valence-corrected chi connectivity index (χ1v) is 11.4. The second-order valence-corrected chi connectivity index (χ2v) is 10.9. The van der Waals surface area contributed by atoms with Crippen LogP contribution in [0.25, 0.3) is 22.2 Å². The molecule has 0 aliphatic rings. The molecule has 3 aromatic rings. The van der Waals surface area contributed by atoms with Crippen molar-refractivity contribution in [3.8, 4) is 11.3 Å². The van der Waals surface area contributed by atoms with E-state index in [1.165, 1.54) is 33.7 Å². The summed E-state index contributed by atoms with van der Waals surface area (Å²) in [4.78, 5) is 16.3. The number of aromatic nitrogens is 1. The standard InChI is InChI=1S/C19H18N.C11H20O2.Ir/c1-12-5-7-18-16(9-12)6-8-19(20-18)17-10-13(2)15(4)14(3)11-17;1-10(2,3)8(12)7-9(13)11(4,5)6;/h5-10H,1-4H3;7,12H,1-6H3;/q-1;;/b;8-7-;. The van der Waals surface area contributed by atoms with Gasteiger partial charge in [0.15, 0.2) is 5.78 Å². The molecule has 185 valence electrons. The van der Waals surface area contributed by atoms with E-state index in [2.05, 4.69) is 70.2 Å². The number of rotatable bonds is 2. The maximum Gasteiger partial charge on any atom is 0.164 e. The quantitative estimate of drug-likeness (QED) is 0.176. The van der Waals surface area contributed by atoms with Crippen LogP contribution in [0, 0.1) is 44.6 Å². The van der Waals surface area contributed by atoms with Crippen LogP contribution in [-0.2, 0) is 24.9 Å². The molecule has 34 heavy (non-hydrogen) atoms. The number of fused-ring (bicyclic) bond motifs is 1. The Balaban J connectivity index is 0.000000364. The van der Waals surface area contributed by atoms with Gasteiger partial charge in [-0.15, -0.1) is 34.4 Å². The molecule has 1 aromatic heterocycles. The number of ketones is 1. The number of aryl methyl sites for hydroxylation is 3. The number of carbonyl (C=O) groups is 1. The molecule has 1 heterocycles. The summed E-state index contributed by atoms with van der Waals surface area (Å²) in [7, 11) is 0. The number of benzene rings is 2. The molecule has 0 fully saturated rings. The van der Waals surface area contributed by atoms with Crippen molar-refractivity contribution < 1.29 is 30.0 Å². The Kier molecular flexibility index (Phi) is 9.99. The van der Waals surface area contributed by atoms with E-state index in [0.717, 1.165) is 16.8 Å². The third-order valence-corrected chi connectivity index (χ3v) is 5.73. The number of carbonyl (C=O) groups excluding carboxylic acids is 1. The first-order chi connectivity index (χ1) is 15.1. The number of hydrogen-bond acceptors (Lipinski definition) is 3. The molecule has 3 nitrogen and oxygen atoms in total. The Morgan fingerprint density at radius 2 is 1.53 bits per heavy atom. The minimum absolute atomic E-state index is 0. The van der Waals surface area contributed by atoms with Crippen LogP contribution >= 0.6 is 0 Å². The average Bonchev–Trinajstić information content (AvgIpc) is 2.70. The van der Waals surface area contributed by atoms with Gasteiger partial charge in [-0.05, 0) is 30.1 Å². The van der Waals surface area contributed by atoms with E-state index >= 15 is 0 Å². The summed E-state index contributed by atoms with van der Waals surface area (Å²) in [5.74, 6) is 0.104. The van der Waals surface area contributed by atoms with Gasteiger partial charge in [-0.2, -0.15) is 0 Å². The Morgan fingerprint density at radius 3 is 2.06 bits per heavy atom. The third-order valence-electron chi connectivity index (χ3n) is 5.73. The number of aliphatic hydroxyl groups is 1. The molecule has 2 aromatic carbocycles. The molecule has 3 rings (SSSR count). The number of aliphatic hydroxyl groups excluding tert-OH is 1. The first kappa shape index (κ1) is 29.7. The fraction of sp³-hybridized carbons (Fsp3) is 0.400. The van der Waals surface area contributed by atoms with E-state index < -0.39 is 5.41 Å². The summed E-state index contributed by atoms with van der Waals surface area (Å²) in [5.41, 5.74) is 7.41. The number of allylic oxidation sites excluding steroid dienone is 2. The molecule has 0 aliphatic carbocycles. The smallest absolute Gasteiger partial charge is 0.164 e. The maximum atomic E-state index is 11.5. The molecular weight excluding hydrogens is 599 g/mol. The van der Waals surface area contributed by atoms with Crippen LogP contribution in [0.15, 0.2) is 48.2 Å². The maximum absolute atomic E-state index is 11.5. The van der Waals surface area contributed by atoms with Gasteiger partial charge in [-0.1, -0.05) is 86.1 Å². The van der Waals surface area contributed by atoms with E-state index in [0.29, 0.717) is 0 Å². The summed E-state index contributed by atoms with van der Waals surface area (Å²) in [6.07, 6.45) is 1.33. The summed E-state index contributed by atoms with van der Waals surface area (Å²) >= 11 is 0. The van der Waals surface area contributed by atoms with E-state index in [9.17, 15) is 9.90 Å². The Labute approximate surface area is 219 Å². The van der Waals surface area contributed by atoms with Crippen molar-refractivity contribution in [1.82, 2.24) is 4.98 Å². The zero-order valence-corrected chi connectivity index (χ0v) is 24.6. The molecule has 0 unspecified atom stereocenters.